The van der Waals surface area contributed by atoms with Crippen LogP contribution in [0.3, 0.4) is 0 Å². The Bertz CT molecular complexity index is 1100. The fourth-order valence-corrected chi connectivity index (χ4v) is 3.17. The molecule has 0 saturated carbocycles. The van der Waals surface area contributed by atoms with E-state index in [0.29, 0.717) is 16.9 Å². The van der Waals surface area contributed by atoms with E-state index in [2.05, 4.69) is 36.2 Å². The number of hydrogen-bond acceptors (Lipinski definition) is 3. The number of aryl methyl sites for hydroxylation is 1. The number of anilines is 1. The summed E-state index contributed by atoms with van der Waals surface area (Å²) in [7, 11) is 0. The lowest BCUT2D eigenvalue weighted by Gasteiger charge is -2.11. The van der Waals surface area contributed by atoms with Crippen molar-refractivity contribution in [2.24, 2.45) is 0 Å². The number of nitrogens with one attached hydrogen (secondary N) is 2. The largest absolute Gasteiger partial charge is 0.345 e. The molecule has 2 N–H and O–H groups in total. The zero-order valence-electron chi connectivity index (χ0n) is 14.0. The molecular weight excluding hydrogens is 392 g/mol. The van der Waals surface area contributed by atoms with E-state index in [9.17, 15) is 4.79 Å². The first-order valence-corrected chi connectivity index (χ1v) is 8.86. The smallest absolute Gasteiger partial charge is 0.257 e. The van der Waals surface area contributed by atoms with Crippen molar-refractivity contribution in [3.63, 3.8) is 0 Å². The van der Waals surface area contributed by atoms with Crippen molar-refractivity contribution < 1.29 is 4.79 Å². The van der Waals surface area contributed by atoms with Crippen LogP contribution in [0.5, 0.6) is 0 Å². The van der Waals surface area contributed by atoms with Crippen LogP contribution in [0, 0.1) is 6.92 Å². The molecule has 5 nitrogen and oxygen atoms in total. The summed E-state index contributed by atoms with van der Waals surface area (Å²) in [6, 6.07) is 11.9. The van der Waals surface area contributed by atoms with E-state index < -0.39 is 0 Å². The van der Waals surface area contributed by atoms with E-state index in [-0.39, 0.29) is 5.91 Å². The molecule has 4 aromatic rings. The van der Waals surface area contributed by atoms with Crippen LogP contribution in [0.2, 0.25) is 0 Å². The zero-order valence-corrected chi connectivity index (χ0v) is 15.5. The monoisotopic (exact) mass is 406 g/mol. The Labute approximate surface area is 158 Å². The summed E-state index contributed by atoms with van der Waals surface area (Å²) < 4.78 is 0.820. The van der Waals surface area contributed by atoms with E-state index in [4.69, 9.17) is 0 Å². The minimum Gasteiger partial charge on any atom is -0.345 e. The van der Waals surface area contributed by atoms with Crippen LogP contribution in [0.25, 0.3) is 22.2 Å². The number of aromatic amines is 1. The van der Waals surface area contributed by atoms with Gasteiger partial charge >= 0.3 is 0 Å². The lowest BCUT2D eigenvalue weighted by molar-refractivity contribution is 0.102. The molecule has 0 fully saturated rings. The Morgan fingerprint density at radius 3 is 2.77 bits per heavy atom. The third kappa shape index (κ3) is 3.11. The Balaban J connectivity index is 1.70. The Morgan fingerprint density at radius 1 is 1.15 bits per heavy atom. The van der Waals surface area contributed by atoms with E-state index in [1.54, 1.807) is 24.8 Å². The number of halogens is 1. The minimum absolute atomic E-state index is 0.211. The van der Waals surface area contributed by atoms with Gasteiger partial charge < -0.3 is 10.3 Å². The second-order valence-electron chi connectivity index (χ2n) is 5.99. The fourth-order valence-electron chi connectivity index (χ4n) is 2.83. The lowest BCUT2D eigenvalue weighted by Crippen LogP contribution is -2.12. The van der Waals surface area contributed by atoms with Crippen LogP contribution in [-0.2, 0) is 0 Å². The number of amides is 1. The summed E-state index contributed by atoms with van der Waals surface area (Å²) in [5.41, 5.74) is 5.00. The van der Waals surface area contributed by atoms with Crippen LogP contribution < -0.4 is 5.32 Å². The molecule has 0 bridgehead atoms. The molecule has 0 saturated heterocycles. The molecule has 0 spiro atoms. The SMILES string of the molecule is Cc1ccc(-c2ccncc2NC(=O)c2c[nH]c3ncc(Br)cc23)cc1. The first-order valence-electron chi connectivity index (χ1n) is 8.07. The highest BCUT2D eigenvalue weighted by molar-refractivity contribution is 9.10. The van der Waals surface area contributed by atoms with E-state index >= 15 is 0 Å². The average Bonchev–Trinajstić information content (AvgIpc) is 3.06. The first kappa shape index (κ1) is 16.5. The standard InChI is InChI=1S/C20H15BrN4O/c1-12-2-4-13(5-3-12)15-6-7-22-11-18(15)25-20(26)17-10-24-19-16(17)8-14(21)9-23-19/h2-11H,1H3,(H,23,24)(H,25,26). The van der Waals surface area contributed by atoms with Crippen molar-refractivity contribution in [3.05, 3.63) is 76.8 Å². The third-order valence-corrected chi connectivity index (χ3v) is 4.61. The van der Waals surface area contributed by atoms with Crippen molar-refractivity contribution in [1.82, 2.24) is 15.0 Å². The quantitative estimate of drug-likeness (QED) is 0.505. The molecule has 1 amide bonds. The number of pyridine rings is 2. The highest BCUT2D eigenvalue weighted by atomic mass is 79.9. The Morgan fingerprint density at radius 2 is 1.96 bits per heavy atom. The van der Waals surface area contributed by atoms with Gasteiger partial charge in [0, 0.05) is 34.0 Å². The number of rotatable bonds is 3. The van der Waals surface area contributed by atoms with Crippen molar-refractivity contribution in [2.75, 3.05) is 5.32 Å². The van der Waals surface area contributed by atoms with Gasteiger partial charge in [-0.25, -0.2) is 4.98 Å². The van der Waals surface area contributed by atoms with Gasteiger partial charge in [0.25, 0.3) is 5.91 Å². The Hall–Kier alpha value is -2.99. The molecule has 0 atom stereocenters. The molecule has 1 aromatic carbocycles. The predicted octanol–water partition coefficient (Wildman–Crippen LogP) is 4.95. The number of hydrogen-bond donors (Lipinski definition) is 2. The van der Waals surface area contributed by atoms with Crippen molar-refractivity contribution >= 4 is 38.6 Å². The summed E-state index contributed by atoms with van der Waals surface area (Å²) in [6.45, 7) is 2.04. The minimum atomic E-state index is -0.211. The van der Waals surface area contributed by atoms with Crippen molar-refractivity contribution in [3.8, 4) is 11.1 Å². The molecular formula is C20H15BrN4O. The van der Waals surface area contributed by atoms with Gasteiger partial charge in [-0.15, -0.1) is 0 Å². The summed E-state index contributed by atoms with van der Waals surface area (Å²) in [6.07, 6.45) is 6.74. The predicted molar refractivity (Wildman–Crippen MR) is 106 cm³/mol. The van der Waals surface area contributed by atoms with Gasteiger partial charge in [-0.2, -0.15) is 0 Å². The normalized spacial score (nSPS) is 10.8. The van der Waals surface area contributed by atoms with Crippen LogP contribution in [-0.4, -0.2) is 20.9 Å². The lowest BCUT2D eigenvalue weighted by atomic mass is 10.0. The number of benzene rings is 1. The van der Waals surface area contributed by atoms with Crippen LogP contribution in [0.15, 0.2) is 65.7 Å². The summed E-state index contributed by atoms with van der Waals surface area (Å²) in [5.74, 6) is -0.211. The third-order valence-electron chi connectivity index (χ3n) is 4.17. The molecule has 3 aromatic heterocycles. The van der Waals surface area contributed by atoms with Gasteiger partial charge in [0.1, 0.15) is 5.65 Å². The number of fused-ring (bicyclic) bond motifs is 1. The first-order chi connectivity index (χ1) is 12.6. The molecule has 3 heterocycles. The van der Waals surface area contributed by atoms with E-state index in [0.717, 1.165) is 21.0 Å². The fraction of sp³-hybridized carbons (Fsp3) is 0.0500. The van der Waals surface area contributed by atoms with E-state index in [1.165, 1.54) is 5.56 Å². The number of carbonyl (C=O) groups is 1. The molecule has 0 aliphatic rings. The van der Waals surface area contributed by atoms with Gasteiger partial charge in [0.2, 0.25) is 0 Å². The number of carbonyl (C=O) groups excluding carboxylic acids is 1. The van der Waals surface area contributed by atoms with Crippen molar-refractivity contribution in [1.29, 1.82) is 0 Å². The summed E-state index contributed by atoms with van der Waals surface area (Å²) in [5, 5.41) is 3.73. The maximum Gasteiger partial charge on any atom is 0.257 e. The number of aromatic nitrogens is 3. The van der Waals surface area contributed by atoms with Crippen LogP contribution >= 0.6 is 15.9 Å². The molecule has 6 heteroatoms. The highest BCUT2D eigenvalue weighted by Gasteiger charge is 2.15. The molecule has 0 aliphatic carbocycles. The molecule has 0 unspecified atom stereocenters. The van der Waals surface area contributed by atoms with Crippen molar-refractivity contribution in [2.45, 2.75) is 6.92 Å². The number of H-pyrrole nitrogens is 1. The van der Waals surface area contributed by atoms with Gasteiger partial charge in [-0.3, -0.25) is 9.78 Å². The van der Waals surface area contributed by atoms with Gasteiger partial charge in [0.05, 0.1) is 17.4 Å². The molecule has 26 heavy (non-hydrogen) atoms. The molecule has 0 radical (unpaired) electrons. The second kappa shape index (κ2) is 6.72. The van der Waals surface area contributed by atoms with Crippen LogP contribution in [0.4, 0.5) is 5.69 Å². The zero-order chi connectivity index (χ0) is 18.1. The topological polar surface area (TPSA) is 70.7 Å². The number of nitrogens with zero attached hydrogens (tertiary/aromatic N) is 2. The maximum atomic E-state index is 12.8. The average molecular weight is 407 g/mol. The highest BCUT2D eigenvalue weighted by Crippen LogP contribution is 2.28. The summed E-state index contributed by atoms with van der Waals surface area (Å²) in [4.78, 5) is 24.3. The van der Waals surface area contributed by atoms with Gasteiger partial charge in [0.15, 0.2) is 0 Å². The maximum absolute atomic E-state index is 12.8. The molecule has 128 valence electrons. The van der Waals surface area contributed by atoms with E-state index in [1.807, 2.05) is 43.3 Å². The van der Waals surface area contributed by atoms with Gasteiger partial charge in [-0.1, -0.05) is 29.8 Å². The molecule has 0 aliphatic heterocycles. The Kier molecular flexibility index (Phi) is 4.26. The molecule has 4 rings (SSSR count). The second-order valence-corrected chi connectivity index (χ2v) is 6.91. The van der Waals surface area contributed by atoms with Crippen LogP contribution in [0.1, 0.15) is 15.9 Å². The summed E-state index contributed by atoms with van der Waals surface area (Å²) >= 11 is 3.40. The van der Waals surface area contributed by atoms with Gasteiger partial charge in [-0.05, 0) is 40.5 Å².